The Hall–Kier alpha value is -1.83. The molecule has 1 aromatic heterocycles. The Morgan fingerprint density at radius 3 is 2.37 bits per heavy atom. The summed E-state index contributed by atoms with van der Waals surface area (Å²) in [6, 6.07) is 6.33. The molecule has 0 unspecified atom stereocenters. The summed E-state index contributed by atoms with van der Waals surface area (Å²) in [6.45, 7) is 9.15. The van der Waals surface area contributed by atoms with Crippen LogP contribution in [-0.2, 0) is 6.54 Å². The minimum atomic E-state index is 0.205. The number of carbonyl (C=O) groups is 1. The third-order valence-electron chi connectivity index (χ3n) is 3.57. The Kier molecular flexibility index (Phi) is 3.89. The van der Waals surface area contributed by atoms with E-state index in [2.05, 4.69) is 37.5 Å². The second-order valence-corrected chi connectivity index (χ2v) is 5.23. The molecule has 1 heterocycles. The first-order chi connectivity index (χ1) is 9.01. The number of Topliss-reactive ketones (excluding diaryl/α,β-unsaturated/α-hetero) is 1. The number of aryl methyl sites for hydroxylation is 3. The highest BCUT2D eigenvalue weighted by atomic mass is 16.1. The maximum atomic E-state index is 11.6. The zero-order valence-electron chi connectivity index (χ0n) is 12.2. The number of rotatable bonds is 4. The van der Waals surface area contributed by atoms with Gasteiger partial charge in [-0.1, -0.05) is 24.6 Å². The largest absolute Gasteiger partial charge is 0.349 e. The van der Waals surface area contributed by atoms with E-state index in [-0.39, 0.29) is 5.78 Å². The first kappa shape index (κ1) is 13.6. The smallest absolute Gasteiger partial charge is 0.164 e. The highest BCUT2D eigenvalue weighted by Gasteiger charge is 2.08. The summed E-state index contributed by atoms with van der Waals surface area (Å²) in [4.78, 5) is 11.6. The molecular formula is C17H21NO. The highest BCUT2D eigenvalue weighted by Crippen LogP contribution is 2.18. The van der Waals surface area contributed by atoms with Crippen LogP contribution in [0.4, 0.5) is 0 Å². The Labute approximate surface area is 115 Å². The summed E-state index contributed by atoms with van der Waals surface area (Å²) >= 11 is 0. The van der Waals surface area contributed by atoms with E-state index in [9.17, 15) is 4.79 Å². The molecule has 2 heteroatoms. The zero-order chi connectivity index (χ0) is 14.0. The standard InChI is InChI=1S/C17H21NO/c1-5-17(19)15-6-7-18(10-15)11-16-13(3)8-12(2)9-14(16)4/h6-10H,5,11H2,1-4H3. The van der Waals surface area contributed by atoms with E-state index >= 15 is 0 Å². The number of ketones is 1. The van der Waals surface area contributed by atoms with Crippen LogP contribution in [0, 0.1) is 20.8 Å². The quantitative estimate of drug-likeness (QED) is 0.755. The molecule has 0 saturated heterocycles. The average molecular weight is 255 g/mol. The normalized spacial score (nSPS) is 10.7. The second-order valence-electron chi connectivity index (χ2n) is 5.23. The lowest BCUT2D eigenvalue weighted by Crippen LogP contribution is -2.02. The van der Waals surface area contributed by atoms with Gasteiger partial charge in [0.1, 0.15) is 0 Å². The molecule has 1 aromatic carbocycles. The molecule has 0 bridgehead atoms. The van der Waals surface area contributed by atoms with E-state index in [1.165, 1.54) is 22.3 Å². The lowest BCUT2D eigenvalue weighted by atomic mass is 10.00. The minimum absolute atomic E-state index is 0.205. The fourth-order valence-electron chi connectivity index (χ4n) is 2.55. The summed E-state index contributed by atoms with van der Waals surface area (Å²) in [5.41, 5.74) is 6.08. The molecule has 2 aromatic rings. The van der Waals surface area contributed by atoms with Crippen LogP contribution in [0.5, 0.6) is 0 Å². The molecule has 0 radical (unpaired) electrons. The number of hydrogen-bond donors (Lipinski definition) is 0. The van der Waals surface area contributed by atoms with E-state index in [1.807, 2.05) is 25.4 Å². The monoisotopic (exact) mass is 255 g/mol. The van der Waals surface area contributed by atoms with Crippen molar-refractivity contribution >= 4 is 5.78 Å². The number of nitrogens with zero attached hydrogens (tertiary/aromatic N) is 1. The fraction of sp³-hybridized carbons (Fsp3) is 0.353. The summed E-state index contributed by atoms with van der Waals surface area (Å²) in [6.07, 6.45) is 4.50. The molecule has 0 aliphatic carbocycles. The van der Waals surface area contributed by atoms with Gasteiger partial charge in [-0.3, -0.25) is 4.79 Å². The first-order valence-corrected chi connectivity index (χ1v) is 6.77. The van der Waals surface area contributed by atoms with E-state index in [0.29, 0.717) is 6.42 Å². The van der Waals surface area contributed by atoms with Gasteiger partial charge in [-0.05, 0) is 43.5 Å². The summed E-state index contributed by atoms with van der Waals surface area (Å²) in [5, 5.41) is 0. The Balaban J connectivity index is 2.27. The number of aromatic nitrogens is 1. The van der Waals surface area contributed by atoms with Crippen molar-refractivity contribution in [3.05, 3.63) is 58.4 Å². The van der Waals surface area contributed by atoms with Crippen LogP contribution in [-0.4, -0.2) is 10.4 Å². The van der Waals surface area contributed by atoms with Gasteiger partial charge in [0.2, 0.25) is 0 Å². The van der Waals surface area contributed by atoms with Crippen LogP contribution in [0.3, 0.4) is 0 Å². The van der Waals surface area contributed by atoms with Crippen LogP contribution in [0.25, 0.3) is 0 Å². The molecule has 0 spiro atoms. The predicted molar refractivity (Wildman–Crippen MR) is 78.8 cm³/mol. The SMILES string of the molecule is CCC(=O)c1ccn(Cc2c(C)cc(C)cc2C)c1. The van der Waals surface area contributed by atoms with Crippen LogP contribution in [0.1, 0.15) is 46.0 Å². The lowest BCUT2D eigenvalue weighted by molar-refractivity contribution is 0.0988. The maximum absolute atomic E-state index is 11.6. The van der Waals surface area contributed by atoms with Crippen molar-refractivity contribution in [1.29, 1.82) is 0 Å². The van der Waals surface area contributed by atoms with Crippen molar-refractivity contribution in [2.45, 2.75) is 40.7 Å². The second kappa shape index (κ2) is 5.43. The van der Waals surface area contributed by atoms with E-state index < -0.39 is 0 Å². The third kappa shape index (κ3) is 2.95. The van der Waals surface area contributed by atoms with E-state index in [4.69, 9.17) is 0 Å². The van der Waals surface area contributed by atoms with Gasteiger partial charge >= 0.3 is 0 Å². The molecule has 2 nitrogen and oxygen atoms in total. The van der Waals surface area contributed by atoms with Gasteiger partial charge in [-0.15, -0.1) is 0 Å². The fourth-order valence-corrected chi connectivity index (χ4v) is 2.55. The van der Waals surface area contributed by atoms with Crippen LogP contribution in [0.2, 0.25) is 0 Å². The van der Waals surface area contributed by atoms with Gasteiger partial charge in [-0.2, -0.15) is 0 Å². The first-order valence-electron chi connectivity index (χ1n) is 6.77. The van der Waals surface area contributed by atoms with Gasteiger partial charge in [0.05, 0.1) is 0 Å². The summed E-state index contributed by atoms with van der Waals surface area (Å²) in [5.74, 6) is 0.205. The van der Waals surface area contributed by atoms with Crippen LogP contribution < -0.4 is 0 Å². The molecule has 0 aliphatic rings. The van der Waals surface area contributed by atoms with Gasteiger partial charge in [0, 0.05) is 30.9 Å². The van der Waals surface area contributed by atoms with Crippen molar-refractivity contribution in [3.63, 3.8) is 0 Å². The Morgan fingerprint density at radius 1 is 1.16 bits per heavy atom. The van der Waals surface area contributed by atoms with Gasteiger partial charge in [0.15, 0.2) is 5.78 Å². The molecule has 100 valence electrons. The minimum Gasteiger partial charge on any atom is -0.349 e. The van der Waals surface area contributed by atoms with Crippen LogP contribution in [0.15, 0.2) is 30.6 Å². The molecule has 2 rings (SSSR count). The lowest BCUT2D eigenvalue weighted by Gasteiger charge is -2.12. The molecule has 0 atom stereocenters. The van der Waals surface area contributed by atoms with Gasteiger partial charge < -0.3 is 4.57 Å². The Morgan fingerprint density at radius 2 is 1.79 bits per heavy atom. The summed E-state index contributed by atoms with van der Waals surface area (Å²) in [7, 11) is 0. The van der Waals surface area contributed by atoms with Gasteiger partial charge in [-0.25, -0.2) is 0 Å². The molecular weight excluding hydrogens is 234 g/mol. The van der Waals surface area contributed by atoms with Crippen LogP contribution >= 0.6 is 0 Å². The van der Waals surface area contributed by atoms with E-state index in [0.717, 1.165) is 12.1 Å². The van der Waals surface area contributed by atoms with Crippen molar-refractivity contribution in [2.75, 3.05) is 0 Å². The van der Waals surface area contributed by atoms with Crippen molar-refractivity contribution in [3.8, 4) is 0 Å². The van der Waals surface area contributed by atoms with Crippen molar-refractivity contribution in [1.82, 2.24) is 4.57 Å². The Bertz CT molecular complexity index is 584. The number of carbonyl (C=O) groups excluding carboxylic acids is 1. The van der Waals surface area contributed by atoms with Gasteiger partial charge in [0.25, 0.3) is 0 Å². The molecule has 0 saturated carbocycles. The molecule has 0 fully saturated rings. The van der Waals surface area contributed by atoms with Crippen molar-refractivity contribution in [2.24, 2.45) is 0 Å². The average Bonchev–Trinajstić information content (AvgIpc) is 2.81. The molecule has 0 amide bonds. The predicted octanol–water partition coefficient (Wildman–Crippen LogP) is 4.05. The highest BCUT2D eigenvalue weighted by molar-refractivity contribution is 5.95. The van der Waals surface area contributed by atoms with Crippen molar-refractivity contribution < 1.29 is 4.79 Å². The summed E-state index contributed by atoms with van der Waals surface area (Å²) < 4.78 is 2.09. The molecule has 0 N–H and O–H groups in total. The number of hydrogen-bond acceptors (Lipinski definition) is 1. The van der Waals surface area contributed by atoms with E-state index in [1.54, 1.807) is 0 Å². The molecule has 0 aliphatic heterocycles. The number of benzene rings is 1. The zero-order valence-corrected chi connectivity index (χ0v) is 12.2. The molecule has 19 heavy (non-hydrogen) atoms. The topological polar surface area (TPSA) is 22.0 Å². The maximum Gasteiger partial charge on any atom is 0.164 e. The third-order valence-corrected chi connectivity index (χ3v) is 3.57.